The van der Waals surface area contributed by atoms with Crippen molar-refractivity contribution in [1.29, 1.82) is 0 Å². The molecule has 0 amide bonds. The van der Waals surface area contributed by atoms with Gasteiger partial charge in [-0.2, -0.15) is 0 Å². The Bertz CT molecular complexity index is 385. The molecule has 0 spiro atoms. The average Bonchev–Trinajstić information content (AvgIpc) is 2.77. The normalized spacial score (nSPS) is 21.2. The van der Waals surface area contributed by atoms with E-state index in [0.717, 1.165) is 18.8 Å². The average molecular weight is 288 g/mol. The summed E-state index contributed by atoms with van der Waals surface area (Å²) in [6.07, 6.45) is 4.61. The van der Waals surface area contributed by atoms with E-state index in [2.05, 4.69) is 47.5 Å². The van der Waals surface area contributed by atoms with Gasteiger partial charge in [0, 0.05) is 19.1 Å². The van der Waals surface area contributed by atoms with Crippen molar-refractivity contribution in [2.45, 2.75) is 51.7 Å². The first kappa shape index (κ1) is 16.4. The first-order valence-electron chi connectivity index (χ1n) is 6.80. The molecule has 6 heteroatoms. The number of halogens is 1. The van der Waals surface area contributed by atoms with E-state index < -0.39 is 0 Å². The van der Waals surface area contributed by atoms with Crippen LogP contribution in [0.2, 0.25) is 0 Å². The number of nitrogens with one attached hydrogen (secondary N) is 1. The van der Waals surface area contributed by atoms with Gasteiger partial charge in [-0.15, -0.1) is 17.5 Å². The summed E-state index contributed by atoms with van der Waals surface area (Å²) in [4.78, 5) is 2.46. The standard InChI is InChI=1S/C13H25N5.ClH/c1-13(2,3)18-10-12(15-16-18)9-17-7-5-6-11(8-17)14-4;/h10-11,14H,5-9H2,1-4H3;1H. The third-order valence-corrected chi connectivity index (χ3v) is 3.53. The highest BCUT2D eigenvalue weighted by molar-refractivity contribution is 5.85. The minimum absolute atomic E-state index is 0. The lowest BCUT2D eigenvalue weighted by atomic mass is 10.1. The van der Waals surface area contributed by atoms with Gasteiger partial charge in [-0.25, -0.2) is 4.68 Å². The minimum atomic E-state index is 0. The van der Waals surface area contributed by atoms with E-state index >= 15 is 0 Å². The molecule has 0 saturated carbocycles. The van der Waals surface area contributed by atoms with Crippen molar-refractivity contribution in [3.8, 4) is 0 Å². The Labute approximate surface area is 122 Å². The molecule has 5 nitrogen and oxygen atoms in total. The highest BCUT2D eigenvalue weighted by atomic mass is 35.5. The number of piperidine rings is 1. The van der Waals surface area contributed by atoms with E-state index in [-0.39, 0.29) is 17.9 Å². The summed E-state index contributed by atoms with van der Waals surface area (Å²) in [5.74, 6) is 0. The second-order valence-electron chi connectivity index (χ2n) is 6.19. The maximum atomic E-state index is 4.28. The Morgan fingerprint density at radius 1 is 1.42 bits per heavy atom. The van der Waals surface area contributed by atoms with Crippen LogP contribution in [0, 0.1) is 0 Å². The smallest absolute Gasteiger partial charge is 0.0967 e. The Morgan fingerprint density at radius 2 is 2.16 bits per heavy atom. The summed E-state index contributed by atoms with van der Waals surface area (Å²) in [5.41, 5.74) is 1.09. The van der Waals surface area contributed by atoms with Crippen LogP contribution in [0.4, 0.5) is 0 Å². The van der Waals surface area contributed by atoms with Gasteiger partial charge in [0.2, 0.25) is 0 Å². The SMILES string of the molecule is CNC1CCCN(Cc2cn(C(C)(C)C)nn2)C1.Cl. The molecule has 2 heterocycles. The zero-order valence-corrected chi connectivity index (χ0v) is 13.2. The second kappa shape index (κ2) is 6.68. The molecule has 0 aromatic carbocycles. The molecular formula is C13H26ClN5. The third kappa shape index (κ3) is 4.44. The molecule has 1 aliphatic heterocycles. The highest BCUT2D eigenvalue weighted by Crippen LogP contribution is 2.15. The van der Waals surface area contributed by atoms with Gasteiger partial charge < -0.3 is 5.32 Å². The van der Waals surface area contributed by atoms with Gasteiger partial charge in [-0.05, 0) is 47.2 Å². The zero-order chi connectivity index (χ0) is 13.2. The maximum absolute atomic E-state index is 4.28. The van der Waals surface area contributed by atoms with Crippen LogP contribution in [0.1, 0.15) is 39.3 Å². The maximum Gasteiger partial charge on any atom is 0.0967 e. The van der Waals surface area contributed by atoms with Crippen molar-refractivity contribution in [2.75, 3.05) is 20.1 Å². The lowest BCUT2D eigenvalue weighted by Crippen LogP contribution is -2.43. The Morgan fingerprint density at radius 3 is 2.74 bits per heavy atom. The largest absolute Gasteiger partial charge is 0.316 e. The van der Waals surface area contributed by atoms with Crippen LogP contribution in [-0.4, -0.2) is 46.1 Å². The summed E-state index contributed by atoms with van der Waals surface area (Å²) in [6.45, 7) is 9.61. The predicted octanol–water partition coefficient (Wildman–Crippen LogP) is 1.64. The fourth-order valence-electron chi connectivity index (χ4n) is 2.36. The summed E-state index contributed by atoms with van der Waals surface area (Å²) in [6, 6.07) is 0.622. The molecule has 0 radical (unpaired) electrons. The number of nitrogens with zero attached hydrogens (tertiary/aromatic N) is 4. The fourth-order valence-corrected chi connectivity index (χ4v) is 2.36. The molecule has 1 saturated heterocycles. The van der Waals surface area contributed by atoms with Gasteiger partial charge in [0.25, 0.3) is 0 Å². The van der Waals surface area contributed by atoms with Crippen molar-refractivity contribution >= 4 is 12.4 Å². The van der Waals surface area contributed by atoms with E-state index in [1.807, 2.05) is 11.7 Å². The van der Waals surface area contributed by atoms with Gasteiger partial charge in [0.05, 0.1) is 17.4 Å². The minimum Gasteiger partial charge on any atom is -0.316 e. The molecule has 1 fully saturated rings. The van der Waals surface area contributed by atoms with E-state index in [0.29, 0.717) is 6.04 Å². The van der Waals surface area contributed by atoms with Gasteiger partial charge in [0.1, 0.15) is 0 Å². The van der Waals surface area contributed by atoms with E-state index in [1.165, 1.54) is 19.4 Å². The monoisotopic (exact) mass is 287 g/mol. The lowest BCUT2D eigenvalue weighted by Gasteiger charge is -2.31. The van der Waals surface area contributed by atoms with E-state index in [4.69, 9.17) is 0 Å². The summed E-state index contributed by atoms with van der Waals surface area (Å²) in [7, 11) is 2.05. The molecular weight excluding hydrogens is 262 g/mol. The van der Waals surface area contributed by atoms with Gasteiger partial charge in [-0.3, -0.25) is 4.90 Å². The van der Waals surface area contributed by atoms with Crippen LogP contribution in [0.25, 0.3) is 0 Å². The quantitative estimate of drug-likeness (QED) is 0.918. The predicted molar refractivity (Wildman–Crippen MR) is 79.6 cm³/mol. The zero-order valence-electron chi connectivity index (χ0n) is 12.4. The van der Waals surface area contributed by atoms with Crippen LogP contribution in [0.15, 0.2) is 6.20 Å². The molecule has 2 rings (SSSR count). The van der Waals surface area contributed by atoms with Crippen LogP contribution in [-0.2, 0) is 12.1 Å². The topological polar surface area (TPSA) is 46.0 Å². The Kier molecular flexibility index (Phi) is 5.77. The number of hydrogen-bond acceptors (Lipinski definition) is 4. The van der Waals surface area contributed by atoms with Crippen molar-refractivity contribution in [2.24, 2.45) is 0 Å². The molecule has 1 aromatic heterocycles. The van der Waals surface area contributed by atoms with Crippen LogP contribution in [0.5, 0.6) is 0 Å². The third-order valence-electron chi connectivity index (χ3n) is 3.53. The number of likely N-dealkylation sites (tertiary alicyclic amines) is 1. The first-order chi connectivity index (χ1) is 8.49. The molecule has 0 bridgehead atoms. The molecule has 1 N–H and O–H groups in total. The van der Waals surface area contributed by atoms with Crippen molar-refractivity contribution < 1.29 is 0 Å². The number of likely N-dealkylation sites (N-methyl/N-ethyl adjacent to an activating group) is 1. The molecule has 110 valence electrons. The van der Waals surface area contributed by atoms with Crippen molar-refractivity contribution in [1.82, 2.24) is 25.2 Å². The Balaban J connectivity index is 0.00000180. The molecule has 1 aromatic rings. The van der Waals surface area contributed by atoms with Crippen molar-refractivity contribution in [3.63, 3.8) is 0 Å². The Hall–Kier alpha value is -0.650. The van der Waals surface area contributed by atoms with E-state index in [9.17, 15) is 0 Å². The molecule has 1 unspecified atom stereocenters. The lowest BCUT2D eigenvalue weighted by molar-refractivity contribution is 0.186. The van der Waals surface area contributed by atoms with E-state index in [1.54, 1.807) is 0 Å². The number of hydrogen-bond donors (Lipinski definition) is 1. The van der Waals surface area contributed by atoms with Crippen LogP contribution >= 0.6 is 12.4 Å². The summed E-state index contributed by atoms with van der Waals surface area (Å²) in [5, 5.41) is 11.9. The van der Waals surface area contributed by atoms with Crippen LogP contribution in [0.3, 0.4) is 0 Å². The summed E-state index contributed by atoms with van der Waals surface area (Å²) < 4.78 is 1.95. The fraction of sp³-hybridized carbons (Fsp3) is 0.846. The van der Waals surface area contributed by atoms with Gasteiger partial charge >= 0.3 is 0 Å². The number of aromatic nitrogens is 3. The second-order valence-corrected chi connectivity index (χ2v) is 6.19. The van der Waals surface area contributed by atoms with Crippen molar-refractivity contribution in [3.05, 3.63) is 11.9 Å². The van der Waals surface area contributed by atoms with Crippen LogP contribution < -0.4 is 5.32 Å². The summed E-state index contributed by atoms with van der Waals surface area (Å²) >= 11 is 0. The molecule has 0 aliphatic carbocycles. The van der Waals surface area contributed by atoms with Gasteiger partial charge in [0.15, 0.2) is 0 Å². The number of rotatable bonds is 3. The molecule has 1 aliphatic rings. The highest BCUT2D eigenvalue weighted by Gasteiger charge is 2.20. The first-order valence-corrected chi connectivity index (χ1v) is 6.80. The molecule has 19 heavy (non-hydrogen) atoms. The molecule has 1 atom stereocenters. The van der Waals surface area contributed by atoms with Gasteiger partial charge in [-0.1, -0.05) is 5.21 Å².